The first-order chi connectivity index (χ1) is 11.7. The standard InChI is InChI=1S/C18H22BrN5/c1-12-9-14(19)10-21-18(12)24-8-2-3-15(11-24)22-16-6-7-20-17(23-16)13-4-5-13/h6-7,9-10,13,15H,2-5,8,11H2,1H3,(H,20,22,23). The molecule has 1 aliphatic carbocycles. The van der Waals surface area contributed by atoms with E-state index in [2.05, 4.69) is 49.1 Å². The number of nitrogens with zero attached hydrogens (tertiary/aromatic N) is 4. The summed E-state index contributed by atoms with van der Waals surface area (Å²) in [6.07, 6.45) is 8.55. The van der Waals surface area contributed by atoms with E-state index in [9.17, 15) is 0 Å². The van der Waals surface area contributed by atoms with Crippen molar-refractivity contribution in [2.24, 2.45) is 0 Å². The minimum atomic E-state index is 0.394. The Labute approximate surface area is 151 Å². The number of halogens is 1. The van der Waals surface area contributed by atoms with E-state index in [1.54, 1.807) is 0 Å². The largest absolute Gasteiger partial charge is 0.365 e. The molecule has 4 rings (SSSR count). The quantitative estimate of drug-likeness (QED) is 0.861. The number of rotatable bonds is 4. The lowest BCUT2D eigenvalue weighted by molar-refractivity contribution is 0.524. The lowest BCUT2D eigenvalue weighted by atomic mass is 10.1. The maximum Gasteiger partial charge on any atom is 0.133 e. The lowest BCUT2D eigenvalue weighted by Crippen LogP contribution is -2.43. The van der Waals surface area contributed by atoms with Crippen LogP contribution in [0.4, 0.5) is 11.6 Å². The number of nitrogens with one attached hydrogen (secondary N) is 1. The third-order valence-corrected chi connectivity index (χ3v) is 5.14. The van der Waals surface area contributed by atoms with Crippen molar-refractivity contribution >= 4 is 27.6 Å². The van der Waals surface area contributed by atoms with Gasteiger partial charge in [-0.3, -0.25) is 0 Å². The highest BCUT2D eigenvalue weighted by molar-refractivity contribution is 9.10. The maximum atomic E-state index is 4.69. The zero-order valence-corrected chi connectivity index (χ0v) is 15.5. The summed E-state index contributed by atoms with van der Waals surface area (Å²) >= 11 is 3.49. The minimum absolute atomic E-state index is 0.394. The van der Waals surface area contributed by atoms with Crippen molar-refractivity contribution < 1.29 is 0 Å². The molecule has 0 radical (unpaired) electrons. The molecule has 2 aromatic rings. The molecular formula is C18H22BrN5. The molecule has 2 fully saturated rings. The van der Waals surface area contributed by atoms with Crippen LogP contribution in [0.1, 0.15) is 43.0 Å². The number of aryl methyl sites for hydroxylation is 1. The average molecular weight is 388 g/mol. The highest BCUT2D eigenvalue weighted by Gasteiger charge is 2.27. The maximum absolute atomic E-state index is 4.69. The van der Waals surface area contributed by atoms with Gasteiger partial charge in [-0.2, -0.15) is 0 Å². The molecule has 1 saturated heterocycles. The normalized spacial score (nSPS) is 20.9. The SMILES string of the molecule is Cc1cc(Br)cnc1N1CCCC(Nc2ccnc(C3CC3)n2)C1. The third-order valence-electron chi connectivity index (χ3n) is 4.71. The van der Waals surface area contributed by atoms with Crippen LogP contribution in [0.5, 0.6) is 0 Å². The van der Waals surface area contributed by atoms with Gasteiger partial charge in [0.05, 0.1) is 0 Å². The Hall–Kier alpha value is -1.69. The van der Waals surface area contributed by atoms with Gasteiger partial charge < -0.3 is 10.2 Å². The van der Waals surface area contributed by atoms with Crippen LogP contribution in [-0.2, 0) is 0 Å². The first-order valence-corrected chi connectivity index (χ1v) is 9.45. The van der Waals surface area contributed by atoms with Crippen LogP contribution in [0.2, 0.25) is 0 Å². The van der Waals surface area contributed by atoms with E-state index in [4.69, 9.17) is 4.98 Å². The molecule has 3 heterocycles. The molecule has 126 valence electrons. The fourth-order valence-electron chi connectivity index (χ4n) is 3.35. The predicted octanol–water partition coefficient (Wildman–Crippen LogP) is 3.90. The van der Waals surface area contributed by atoms with E-state index >= 15 is 0 Å². The first-order valence-electron chi connectivity index (χ1n) is 8.65. The second kappa shape index (κ2) is 6.67. The summed E-state index contributed by atoms with van der Waals surface area (Å²) in [7, 11) is 0. The molecule has 5 nitrogen and oxygen atoms in total. The molecule has 1 unspecified atom stereocenters. The van der Waals surface area contributed by atoms with Gasteiger partial charge >= 0.3 is 0 Å². The Morgan fingerprint density at radius 2 is 2.12 bits per heavy atom. The second-order valence-corrected chi connectivity index (χ2v) is 7.71. The molecular weight excluding hydrogens is 366 g/mol. The van der Waals surface area contributed by atoms with Crippen molar-refractivity contribution in [3.63, 3.8) is 0 Å². The summed E-state index contributed by atoms with van der Waals surface area (Å²) in [5, 5.41) is 3.60. The Balaban J connectivity index is 1.45. The minimum Gasteiger partial charge on any atom is -0.365 e. The summed E-state index contributed by atoms with van der Waals surface area (Å²) < 4.78 is 1.03. The second-order valence-electron chi connectivity index (χ2n) is 6.80. The van der Waals surface area contributed by atoms with Crippen LogP contribution < -0.4 is 10.2 Å². The number of piperidine rings is 1. The van der Waals surface area contributed by atoms with Gasteiger partial charge in [-0.25, -0.2) is 15.0 Å². The topological polar surface area (TPSA) is 53.9 Å². The van der Waals surface area contributed by atoms with Crippen LogP contribution in [0.25, 0.3) is 0 Å². The molecule has 1 saturated carbocycles. The Bertz CT molecular complexity index is 731. The number of pyridine rings is 1. The van der Waals surface area contributed by atoms with Gasteiger partial charge in [0.1, 0.15) is 17.5 Å². The predicted molar refractivity (Wildman–Crippen MR) is 99.5 cm³/mol. The van der Waals surface area contributed by atoms with E-state index in [-0.39, 0.29) is 0 Å². The third kappa shape index (κ3) is 3.53. The summed E-state index contributed by atoms with van der Waals surface area (Å²) in [4.78, 5) is 16.1. The smallest absolute Gasteiger partial charge is 0.133 e. The van der Waals surface area contributed by atoms with Crippen LogP contribution in [-0.4, -0.2) is 34.1 Å². The Kier molecular flexibility index (Phi) is 4.39. The number of anilines is 2. The van der Waals surface area contributed by atoms with Crippen LogP contribution in [0, 0.1) is 6.92 Å². The fourth-order valence-corrected chi connectivity index (χ4v) is 3.80. The van der Waals surface area contributed by atoms with Gasteiger partial charge in [0.25, 0.3) is 0 Å². The van der Waals surface area contributed by atoms with Crippen molar-refractivity contribution in [3.8, 4) is 0 Å². The van der Waals surface area contributed by atoms with E-state index in [0.717, 1.165) is 47.9 Å². The van der Waals surface area contributed by atoms with Gasteiger partial charge in [0.15, 0.2) is 0 Å². The van der Waals surface area contributed by atoms with Crippen molar-refractivity contribution in [2.75, 3.05) is 23.3 Å². The molecule has 2 aliphatic rings. The van der Waals surface area contributed by atoms with E-state index < -0.39 is 0 Å². The number of hydrogen-bond donors (Lipinski definition) is 1. The zero-order valence-electron chi connectivity index (χ0n) is 13.9. The van der Waals surface area contributed by atoms with Crippen LogP contribution in [0.3, 0.4) is 0 Å². The first kappa shape index (κ1) is 15.8. The van der Waals surface area contributed by atoms with Crippen molar-refractivity contribution in [2.45, 2.75) is 44.6 Å². The van der Waals surface area contributed by atoms with E-state index in [0.29, 0.717) is 12.0 Å². The number of aromatic nitrogens is 3. The molecule has 1 aliphatic heterocycles. The molecule has 0 spiro atoms. The molecule has 1 atom stereocenters. The zero-order chi connectivity index (χ0) is 16.5. The molecule has 1 N–H and O–H groups in total. The van der Waals surface area contributed by atoms with Crippen molar-refractivity contribution in [1.82, 2.24) is 15.0 Å². The number of hydrogen-bond acceptors (Lipinski definition) is 5. The summed E-state index contributed by atoms with van der Waals surface area (Å²) in [6.45, 7) is 4.14. The highest BCUT2D eigenvalue weighted by atomic mass is 79.9. The molecule has 0 amide bonds. The monoisotopic (exact) mass is 387 g/mol. The Morgan fingerprint density at radius 3 is 2.92 bits per heavy atom. The van der Waals surface area contributed by atoms with Gasteiger partial charge in [0.2, 0.25) is 0 Å². The van der Waals surface area contributed by atoms with Crippen molar-refractivity contribution in [3.05, 3.63) is 40.4 Å². The van der Waals surface area contributed by atoms with Gasteiger partial charge in [-0.05, 0) is 66.2 Å². The van der Waals surface area contributed by atoms with Crippen LogP contribution in [0.15, 0.2) is 29.0 Å². The summed E-state index contributed by atoms with van der Waals surface area (Å²) in [5.74, 6) is 3.63. The molecule has 0 bridgehead atoms. The molecule has 6 heteroatoms. The average Bonchev–Trinajstić information content (AvgIpc) is 3.40. The Morgan fingerprint density at radius 1 is 1.25 bits per heavy atom. The molecule has 2 aromatic heterocycles. The van der Waals surface area contributed by atoms with E-state index in [1.165, 1.54) is 18.4 Å². The highest BCUT2D eigenvalue weighted by Crippen LogP contribution is 2.38. The summed E-state index contributed by atoms with van der Waals surface area (Å²) in [5.41, 5.74) is 1.21. The molecule has 24 heavy (non-hydrogen) atoms. The van der Waals surface area contributed by atoms with Gasteiger partial charge in [0, 0.05) is 41.9 Å². The van der Waals surface area contributed by atoms with Gasteiger partial charge in [-0.15, -0.1) is 0 Å². The molecule has 0 aromatic carbocycles. The van der Waals surface area contributed by atoms with E-state index in [1.807, 2.05) is 18.5 Å². The lowest BCUT2D eigenvalue weighted by Gasteiger charge is -2.35. The van der Waals surface area contributed by atoms with Gasteiger partial charge in [-0.1, -0.05) is 0 Å². The fraction of sp³-hybridized carbons (Fsp3) is 0.500. The summed E-state index contributed by atoms with van der Waals surface area (Å²) in [6, 6.07) is 4.50. The van der Waals surface area contributed by atoms with Crippen molar-refractivity contribution in [1.29, 1.82) is 0 Å². The van der Waals surface area contributed by atoms with Crippen LogP contribution >= 0.6 is 15.9 Å².